The van der Waals surface area contributed by atoms with Crippen LogP contribution in [0.15, 0.2) is 0 Å². The molecule has 6 unspecified atom stereocenters. The zero-order valence-electron chi connectivity index (χ0n) is 19.6. The molecule has 0 aromatic carbocycles. The van der Waals surface area contributed by atoms with Gasteiger partial charge in [-0.15, -0.1) is 0 Å². The molecule has 0 amide bonds. The van der Waals surface area contributed by atoms with Crippen LogP contribution in [0.4, 0.5) is 11.8 Å². The zero-order chi connectivity index (χ0) is 24.9. The number of imidazole rings is 1. The Bertz CT molecular complexity index is 1220. The summed E-state index contributed by atoms with van der Waals surface area (Å²) < 4.78 is 50.1. The molecule has 1 aliphatic rings. The molecule has 6 N–H and O–H groups in total. The van der Waals surface area contributed by atoms with Crippen molar-refractivity contribution in [3.05, 3.63) is 5.28 Å². The van der Waals surface area contributed by atoms with Crippen molar-refractivity contribution >= 4 is 58.0 Å². The Labute approximate surface area is 301 Å². The van der Waals surface area contributed by atoms with Crippen molar-refractivity contribution in [3.63, 3.8) is 0 Å². The first-order valence-electron chi connectivity index (χ1n) is 8.19. The van der Waals surface area contributed by atoms with Gasteiger partial charge in [0.05, 0.1) is 14.4 Å². The number of phosphoric acid groups is 3. The largest absolute Gasteiger partial charge is 1.00 e. The van der Waals surface area contributed by atoms with Crippen LogP contribution in [-0.4, -0.2) is 54.7 Å². The number of hydrogen-bond donors (Lipinski definition) is 4. The van der Waals surface area contributed by atoms with Gasteiger partial charge in [0, 0.05) is 0 Å². The van der Waals surface area contributed by atoms with Gasteiger partial charge in [0.15, 0.2) is 23.2 Å². The molecule has 0 saturated carbocycles. The fraction of sp³-hybridized carbons (Fsp3) is 0.500. The van der Waals surface area contributed by atoms with Crippen molar-refractivity contribution in [2.45, 2.75) is 24.5 Å². The number of phosphoric ester groups is 1. The number of ether oxygens (including phenoxy) is 1. The van der Waals surface area contributed by atoms with E-state index in [0.29, 0.717) is 0 Å². The fourth-order valence-corrected chi connectivity index (χ4v) is 5.87. The maximum atomic E-state index is 11.6. The molecule has 0 radical (unpaired) electrons. The molecule has 6 atom stereocenters. The first-order chi connectivity index (χ1) is 15.0. The summed E-state index contributed by atoms with van der Waals surface area (Å²) in [6.45, 7) is -1.15. The minimum Gasteiger partial charge on any atom is -0.790 e. The first kappa shape index (κ1) is 41.9. The topological polar surface area (TPSA) is 316 Å². The average Bonchev–Trinajstić information content (AvgIpc) is 3.07. The van der Waals surface area contributed by atoms with Crippen molar-refractivity contribution in [3.8, 4) is 0 Å². The number of nitrogens with two attached hydrogens (primary N) is 2. The summed E-state index contributed by atoms with van der Waals surface area (Å²) in [6, 6.07) is 0. The van der Waals surface area contributed by atoms with Gasteiger partial charge in [-0.3, -0.25) is 18.0 Å². The third kappa shape index (κ3) is 11.1. The number of aliphatic hydroxyl groups excluding tert-OH is 2. The van der Waals surface area contributed by atoms with E-state index in [1.54, 1.807) is 0 Å². The van der Waals surface area contributed by atoms with E-state index in [2.05, 4.69) is 28.1 Å². The minimum absolute atomic E-state index is 0. The van der Waals surface area contributed by atoms with E-state index in [-0.39, 0.29) is 146 Å². The molecule has 27 heteroatoms. The summed E-state index contributed by atoms with van der Waals surface area (Å²) >= 11 is 6.02. The molecule has 37 heavy (non-hydrogen) atoms. The molecule has 1 saturated heterocycles. The number of aliphatic hydroxyl groups is 2. The quantitative estimate of drug-likeness (QED) is 0.118. The van der Waals surface area contributed by atoms with Gasteiger partial charge in [-0.25, -0.2) is 9.29 Å². The Morgan fingerprint density at radius 1 is 0.946 bits per heavy atom. The van der Waals surface area contributed by atoms with Crippen LogP contribution in [-0.2, 0) is 31.6 Å². The second kappa shape index (κ2) is 16.0. The van der Waals surface area contributed by atoms with Crippen LogP contribution < -0.4 is 149 Å². The fourth-order valence-electron chi connectivity index (χ4n) is 2.74. The summed E-state index contributed by atoms with van der Waals surface area (Å²) in [6.07, 6.45) is -6.79. The smallest absolute Gasteiger partial charge is 0.790 e. The molecule has 2 aromatic heterocycles. The summed E-state index contributed by atoms with van der Waals surface area (Å²) in [7, 11) is -18.2. The predicted molar refractivity (Wildman–Crippen MR) is 96.0 cm³/mol. The van der Waals surface area contributed by atoms with Crippen LogP contribution in [0.3, 0.4) is 0 Å². The van der Waals surface area contributed by atoms with Gasteiger partial charge in [0.2, 0.25) is 11.2 Å². The summed E-state index contributed by atoms with van der Waals surface area (Å²) in [5.74, 6) is -0.458. The molecule has 1 aliphatic heterocycles. The SMILES string of the molecule is Nc1nc(N)c2nc(Cl)n(C3OC(COP(=O)([O-])OP(=O)([O-])OP(=O)([O-])[O-])C(O)C3O)c2n1.[Na+].[Na+].[Na+].[Na+]. The Morgan fingerprint density at radius 2 is 1.51 bits per heavy atom. The van der Waals surface area contributed by atoms with E-state index < -0.39 is 54.6 Å². The average molecular weight is 645 g/mol. The van der Waals surface area contributed by atoms with Gasteiger partial charge >= 0.3 is 118 Å². The molecule has 0 spiro atoms. The van der Waals surface area contributed by atoms with E-state index in [1.807, 2.05) is 0 Å². The molecular formula is C10H12ClN6Na4O13P3. The molecule has 2 aromatic rings. The van der Waals surface area contributed by atoms with Crippen molar-refractivity contribution < 1.29 is 180 Å². The Hall–Kier alpha value is 2.73. The maximum Gasteiger partial charge on any atom is 1.00 e. The zero-order valence-corrected chi connectivity index (χ0v) is 31.0. The van der Waals surface area contributed by atoms with E-state index >= 15 is 0 Å². The number of nitrogen functional groups attached to an aromatic ring is 2. The van der Waals surface area contributed by atoms with Gasteiger partial charge in [-0.2, -0.15) is 9.97 Å². The van der Waals surface area contributed by atoms with Crippen LogP contribution in [0.5, 0.6) is 0 Å². The summed E-state index contributed by atoms with van der Waals surface area (Å²) in [5.41, 5.74) is 11.1. The number of nitrogens with zero attached hydrogens (tertiary/aromatic N) is 4. The van der Waals surface area contributed by atoms with Gasteiger partial charge < -0.3 is 55.1 Å². The third-order valence-corrected chi connectivity index (χ3v) is 7.86. The minimum atomic E-state index is -6.18. The standard InChI is InChI=1S/C10H16ClN6O13P3.4Na/c11-9-14-3-6(12)15-10(13)16-7(3)17(9)8-5(19)4(18)2(28-8)1-27-32(23,24)30-33(25,26)29-31(20,21)22;;;;/h2,4-5,8,18-19H,1H2,(H,23,24)(H,25,26)(H2,20,21,22)(H4,12,13,15,16);;;;/q;4*+1/p-4. The van der Waals surface area contributed by atoms with E-state index in [4.69, 9.17) is 27.8 Å². The monoisotopic (exact) mass is 644 g/mol. The van der Waals surface area contributed by atoms with Gasteiger partial charge in [0.1, 0.15) is 18.3 Å². The summed E-state index contributed by atoms with van der Waals surface area (Å²) in [5, 5.41) is 20.2. The van der Waals surface area contributed by atoms with E-state index in [1.165, 1.54) is 0 Å². The Morgan fingerprint density at radius 3 is 2.05 bits per heavy atom. The normalized spacial score (nSPS) is 24.5. The van der Waals surface area contributed by atoms with Crippen LogP contribution in [0, 0.1) is 0 Å². The second-order valence-corrected chi connectivity index (χ2v) is 10.8. The molecular weight excluding hydrogens is 632 g/mol. The molecule has 19 nitrogen and oxygen atoms in total. The summed E-state index contributed by atoms with van der Waals surface area (Å²) in [4.78, 5) is 54.9. The van der Waals surface area contributed by atoms with Gasteiger partial charge in [-0.05, 0) is 11.6 Å². The number of fused-ring (bicyclic) bond motifs is 1. The number of hydrogen-bond acceptors (Lipinski definition) is 18. The van der Waals surface area contributed by atoms with Crippen molar-refractivity contribution in [1.29, 1.82) is 0 Å². The van der Waals surface area contributed by atoms with Crippen LogP contribution in [0.25, 0.3) is 11.2 Å². The number of anilines is 2. The number of aromatic nitrogens is 4. The second-order valence-electron chi connectivity index (χ2n) is 6.24. The van der Waals surface area contributed by atoms with E-state index in [9.17, 15) is 43.5 Å². The first-order valence-corrected chi connectivity index (χ1v) is 12.9. The van der Waals surface area contributed by atoms with Crippen molar-refractivity contribution in [1.82, 2.24) is 19.5 Å². The predicted octanol–water partition coefficient (Wildman–Crippen LogP) is -15.9. The molecule has 1 fully saturated rings. The molecule has 0 aliphatic carbocycles. The Kier molecular flexibility index (Phi) is 18.1. The van der Waals surface area contributed by atoms with Crippen molar-refractivity contribution in [2.24, 2.45) is 0 Å². The van der Waals surface area contributed by atoms with Gasteiger partial charge in [0.25, 0.3) is 15.6 Å². The molecule has 0 bridgehead atoms. The van der Waals surface area contributed by atoms with Crippen molar-refractivity contribution in [2.75, 3.05) is 18.1 Å². The van der Waals surface area contributed by atoms with Crippen LogP contribution in [0.2, 0.25) is 5.28 Å². The molecule has 186 valence electrons. The van der Waals surface area contributed by atoms with Gasteiger partial charge in [-0.1, -0.05) is 0 Å². The third-order valence-electron chi connectivity index (χ3n) is 3.93. The van der Waals surface area contributed by atoms with Crippen LogP contribution >= 0.6 is 35.1 Å². The molecule has 3 rings (SSSR count). The Balaban J connectivity index is 0. The number of halogens is 1. The maximum absolute atomic E-state index is 11.6. The number of rotatable bonds is 8. The molecule has 3 heterocycles. The van der Waals surface area contributed by atoms with Crippen LogP contribution in [0.1, 0.15) is 6.23 Å². The van der Waals surface area contributed by atoms with E-state index in [0.717, 1.165) is 4.57 Å².